The van der Waals surface area contributed by atoms with E-state index in [4.69, 9.17) is 19.2 Å². The standard InChI is InChI=1S/C33H31N3O6/c1-17-14-20-15-19(23-16-35-32(39)36-30(23)40-5)6-7-21(20)27(25(17)29(31(37)38)42-33(2,3)4)22-8-9-24-26-18(11-13-41-24)10-12-34-28(22)26/h6-10,12,14-16,29H,11,13H2,1-5H3,(H,37,38)(H,35,36,39). The number of hydrogen-bond donors (Lipinski definition) is 2. The van der Waals surface area contributed by atoms with Crippen molar-refractivity contribution in [3.05, 3.63) is 82.0 Å². The third-order valence-corrected chi connectivity index (χ3v) is 7.47. The van der Waals surface area contributed by atoms with E-state index in [1.54, 1.807) is 6.20 Å². The summed E-state index contributed by atoms with van der Waals surface area (Å²) in [7, 11) is 1.49. The number of aliphatic carboxylic acids is 1. The summed E-state index contributed by atoms with van der Waals surface area (Å²) in [5.41, 5.74) is 4.94. The van der Waals surface area contributed by atoms with E-state index in [1.165, 1.54) is 13.3 Å². The molecule has 0 saturated carbocycles. The van der Waals surface area contributed by atoms with Gasteiger partial charge in [0.2, 0.25) is 5.88 Å². The fraction of sp³-hybridized carbons (Fsp3) is 0.273. The Hall–Kier alpha value is -4.76. The molecule has 6 rings (SSSR count). The topological polar surface area (TPSA) is 124 Å². The molecule has 1 atom stereocenters. The van der Waals surface area contributed by atoms with Crippen LogP contribution in [0.25, 0.3) is 43.9 Å². The van der Waals surface area contributed by atoms with Crippen molar-refractivity contribution in [2.45, 2.75) is 45.8 Å². The third-order valence-electron chi connectivity index (χ3n) is 7.47. The van der Waals surface area contributed by atoms with E-state index < -0.39 is 23.4 Å². The molecule has 0 aliphatic carbocycles. The molecule has 42 heavy (non-hydrogen) atoms. The van der Waals surface area contributed by atoms with Gasteiger partial charge in [0.1, 0.15) is 5.75 Å². The van der Waals surface area contributed by atoms with Gasteiger partial charge in [-0.05, 0) is 85.0 Å². The lowest BCUT2D eigenvalue weighted by atomic mass is 9.85. The Labute approximate surface area is 242 Å². The second kappa shape index (κ2) is 10.3. The lowest BCUT2D eigenvalue weighted by Crippen LogP contribution is -2.28. The van der Waals surface area contributed by atoms with Crippen LogP contribution in [0.15, 0.2) is 59.7 Å². The van der Waals surface area contributed by atoms with E-state index in [0.717, 1.165) is 61.7 Å². The predicted octanol–water partition coefficient (Wildman–Crippen LogP) is 6.00. The van der Waals surface area contributed by atoms with Crippen molar-refractivity contribution in [3.63, 3.8) is 0 Å². The maximum atomic E-state index is 12.8. The summed E-state index contributed by atoms with van der Waals surface area (Å²) >= 11 is 0. The van der Waals surface area contributed by atoms with Gasteiger partial charge >= 0.3 is 11.7 Å². The van der Waals surface area contributed by atoms with Gasteiger partial charge < -0.3 is 19.3 Å². The Kier molecular flexibility index (Phi) is 6.69. The minimum Gasteiger partial charge on any atom is -0.493 e. The van der Waals surface area contributed by atoms with Crippen LogP contribution in [0.4, 0.5) is 0 Å². The van der Waals surface area contributed by atoms with Gasteiger partial charge in [0.15, 0.2) is 6.10 Å². The molecule has 5 aromatic rings. The number of hydrogen-bond acceptors (Lipinski definition) is 7. The van der Waals surface area contributed by atoms with Gasteiger partial charge in [-0.15, -0.1) is 0 Å². The minimum atomic E-state index is -1.23. The summed E-state index contributed by atoms with van der Waals surface area (Å²) in [6, 6.07) is 13.7. The molecule has 0 amide bonds. The molecule has 0 bridgehead atoms. The Morgan fingerprint density at radius 1 is 1.10 bits per heavy atom. The molecule has 1 aliphatic rings. The summed E-state index contributed by atoms with van der Waals surface area (Å²) < 4.78 is 17.6. The molecule has 3 aromatic carbocycles. The molecule has 3 heterocycles. The molecule has 9 nitrogen and oxygen atoms in total. The van der Waals surface area contributed by atoms with Crippen LogP contribution in [0.3, 0.4) is 0 Å². The van der Waals surface area contributed by atoms with E-state index >= 15 is 0 Å². The first-order valence-corrected chi connectivity index (χ1v) is 13.7. The summed E-state index contributed by atoms with van der Waals surface area (Å²) in [5, 5.41) is 13.1. The third kappa shape index (κ3) is 4.75. The molecule has 1 aliphatic heterocycles. The second-order valence-corrected chi connectivity index (χ2v) is 11.4. The van der Waals surface area contributed by atoms with Crippen LogP contribution < -0.4 is 15.2 Å². The molecule has 9 heteroatoms. The van der Waals surface area contributed by atoms with Crippen molar-refractivity contribution < 1.29 is 24.1 Å². The second-order valence-electron chi connectivity index (χ2n) is 11.4. The number of nitrogens with one attached hydrogen (secondary N) is 1. The Morgan fingerprint density at radius 2 is 1.90 bits per heavy atom. The maximum Gasteiger partial charge on any atom is 0.347 e. The van der Waals surface area contributed by atoms with Gasteiger partial charge in [-0.3, -0.25) is 9.97 Å². The van der Waals surface area contributed by atoms with Gasteiger partial charge in [0.05, 0.1) is 30.4 Å². The molecule has 2 N–H and O–H groups in total. The first-order valence-electron chi connectivity index (χ1n) is 13.7. The fourth-order valence-corrected chi connectivity index (χ4v) is 5.79. The average Bonchev–Trinajstić information content (AvgIpc) is 2.95. The number of aromatic amines is 1. The van der Waals surface area contributed by atoms with Crippen molar-refractivity contribution in [2.75, 3.05) is 13.7 Å². The number of ether oxygens (including phenoxy) is 3. The molecule has 0 fully saturated rings. The highest BCUT2D eigenvalue weighted by molar-refractivity contribution is 6.09. The van der Waals surface area contributed by atoms with Crippen LogP contribution in [0.5, 0.6) is 11.6 Å². The van der Waals surface area contributed by atoms with Gasteiger partial charge in [0, 0.05) is 35.3 Å². The number of carboxylic acid groups (broad SMARTS) is 1. The number of methoxy groups -OCH3 is 1. The number of carboxylic acids is 1. The molecule has 0 saturated heterocycles. The normalized spacial score (nSPS) is 13.6. The monoisotopic (exact) mass is 565 g/mol. The number of rotatable bonds is 6. The molecule has 0 spiro atoms. The molecular formula is C33H31N3O6. The van der Waals surface area contributed by atoms with Gasteiger partial charge in [0.25, 0.3) is 0 Å². The summed E-state index contributed by atoms with van der Waals surface area (Å²) in [6.07, 6.45) is 2.81. The Balaban J connectivity index is 1.69. The van der Waals surface area contributed by atoms with Crippen molar-refractivity contribution >= 4 is 27.6 Å². The van der Waals surface area contributed by atoms with Crippen LogP contribution in [0.1, 0.15) is 43.6 Å². The SMILES string of the molecule is COc1[nH]c(=O)ncc1-c1ccc2c(-c3ccc4c5c(ccnc35)CCO4)c(C(OC(C)(C)C)C(=O)O)c(C)cc2c1. The van der Waals surface area contributed by atoms with Crippen molar-refractivity contribution in [1.82, 2.24) is 15.0 Å². The molecule has 1 unspecified atom stereocenters. The van der Waals surface area contributed by atoms with Crippen LogP contribution in [0, 0.1) is 6.92 Å². The molecule has 214 valence electrons. The zero-order chi connectivity index (χ0) is 29.8. The number of aryl methyl sites for hydroxylation is 1. The summed E-state index contributed by atoms with van der Waals surface area (Å²) in [5.74, 6) is -0.00388. The van der Waals surface area contributed by atoms with Gasteiger partial charge in [-0.2, -0.15) is 0 Å². The summed E-state index contributed by atoms with van der Waals surface area (Å²) in [4.78, 5) is 35.9. The number of benzene rings is 3. The van der Waals surface area contributed by atoms with Crippen molar-refractivity contribution in [3.8, 4) is 33.9 Å². The Morgan fingerprint density at radius 3 is 2.64 bits per heavy atom. The van der Waals surface area contributed by atoms with E-state index in [-0.39, 0.29) is 0 Å². The van der Waals surface area contributed by atoms with Crippen LogP contribution >= 0.6 is 0 Å². The lowest BCUT2D eigenvalue weighted by Gasteiger charge is -2.29. The number of pyridine rings is 1. The zero-order valence-electron chi connectivity index (χ0n) is 24.1. The van der Waals surface area contributed by atoms with E-state index in [9.17, 15) is 14.7 Å². The van der Waals surface area contributed by atoms with Gasteiger partial charge in [-0.1, -0.05) is 18.2 Å². The van der Waals surface area contributed by atoms with Crippen molar-refractivity contribution in [2.24, 2.45) is 0 Å². The molecular weight excluding hydrogens is 534 g/mol. The number of aromatic nitrogens is 3. The smallest absolute Gasteiger partial charge is 0.347 e. The van der Waals surface area contributed by atoms with Crippen LogP contribution in [-0.4, -0.2) is 45.3 Å². The largest absolute Gasteiger partial charge is 0.493 e. The van der Waals surface area contributed by atoms with Crippen molar-refractivity contribution in [1.29, 1.82) is 0 Å². The van der Waals surface area contributed by atoms with E-state index in [1.807, 2.05) is 70.2 Å². The minimum absolute atomic E-state index is 0.306. The molecule has 0 radical (unpaired) electrons. The van der Waals surface area contributed by atoms with Crippen LogP contribution in [-0.2, 0) is 16.0 Å². The quantitative estimate of drug-likeness (QED) is 0.257. The lowest BCUT2D eigenvalue weighted by molar-refractivity contribution is -0.160. The number of fused-ring (bicyclic) bond motifs is 1. The Bertz CT molecular complexity index is 1930. The predicted molar refractivity (Wildman–Crippen MR) is 160 cm³/mol. The number of carbonyl (C=O) groups is 1. The first-order chi connectivity index (χ1) is 20.1. The fourth-order valence-electron chi connectivity index (χ4n) is 5.79. The maximum absolute atomic E-state index is 12.8. The zero-order valence-corrected chi connectivity index (χ0v) is 24.1. The average molecular weight is 566 g/mol. The highest BCUT2D eigenvalue weighted by atomic mass is 16.5. The van der Waals surface area contributed by atoms with Crippen LogP contribution in [0.2, 0.25) is 0 Å². The summed E-state index contributed by atoms with van der Waals surface area (Å²) in [6.45, 7) is 8.03. The van der Waals surface area contributed by atoms with E-state index in [0.29, 0.717) is 23.6 Å². The number of H-pyrrole nitrogens is 1. The van der Waals surface area contributed by atoms with Gasteiger partial charge in [-0.25, -0.2) is 14.6 Å². The van der Waals surface area contributed by atoms with E-state index in [2.05, 4.69) is 9.97 Å². The first kappa shape index (κ1) is 27.4. The highest BCUT2D eigenvalue weighted by Crippen LogP contribution is 2.45. The molecule has 2 aromatic heterocycles. The number of nitrogens with zero attached hydrogens (tertiary/aromatic N) is 2. The highest BCUT2D eigenvalue weighted by Gasteiger charge is 2.32.